The van der Waals surface area contributed by atoms with Crippen LogP contribution in [-0.4, -0.2) is 17.2 Å². The van der Waals surface area contributed by atoms with Crippen molar-refractivity contribution in [1.82, 2.24) is 5.43 Å². The molecule has 0 heterocycles. The molecule has 0 aliphatic carbocycles. The molecule has 0 unspecified atom stereocenters. The van der Waals surface area contributed by atoms with E-state index in [9.17, 15) is 9.90 Å². The van der Waals surface area contributed by atoms with Crippen LogP contribution in [0.4, 0.5) is 0 Å². The van der Waals surface area contributed by atoms with Gasteiger partial charge < -0.3 is 5.11 Å². The molecular formula is C10H7BrIN3O2. The first-order valence-electron chi connectivity index (χ1n) is 4.41. The number of phenols is 1. The Morgan fingerprint density at radius 2 is 2.41 bits per heavy atom. The highest BCUT2D eigenvalue weighted by molar-refractivity contribution is 14.1. The van der Waals surface area contributed by atoms with Crippen LogP contribution in [0.25, 0.3) is 0 Å². The number of nitrogens with one attached hydrogen (secondary N) is 1. The number of hydrazone groups is 1. The van der Waals surface area contributed by atoms with Crippen LogP contribution in [0.2, 0.25) is 0 Å². The zero-order chi connectivity index (χ0) is 12.8. The number of carbonyl (C=O) groups excluding carboxylic acids is 1. The van der Waals surface area contributed by atoms with Crippen LogP contribution in [0, 0.1) is 14.9 Å². The van der Waals surface area contributed by atoms with Gasteiger partial charge in [0, 0.05) is 0 Å². The molecule has 0 atom stereocenters. The molecule has 0 fully saturated rings. The van der Waals surface area contributed by atoms with Crippen LogP contribution in [0.5, 0.6) is 5.75 Å². The first-order valence-corrected chi connectivity index (χ1v) is 6.28. The summed E-state index contributed by atoms with van der Waals surface area (Å²) in [7, 11) is 0. The summed E-state index contributed by atoms with van der Waals surface area (Å²) in [6, 6.07) is 5.09. The zero-order valence-corrected chi connectivity index (χ0v) is 12.2. The van der Waals surface area contributed by atoms with Gasteiger partial charge in [-0.25, -0.2) is 5.43 Å². The Hall–Kier alpha value is -1.14. The Morgan fingerprint density at radius 1 is 1.71 bits per heavy atom. The van der Waals surface area contributed by atoms with Crippen LogP contribution >= 0.6 is 38.5 Å². The molecule has 1 amide bonds. The Balaban J connectivity index is 2.73. The summed E-state index contributed by atoms with van der Waals surface area (Å²) in [6.07, 6.45) is 1.20. The Labute approximate surface area is 120 Å². The van der Waals surface area contributed by atoms with Crippen LogP contribution in [-0.2, 0) is 4.79 Å². The second-order valence-electron chi connectivity index (χ2n) is 2.96. The lowest BCUT2D eigenvalue weighted by molar-refractivity contribution is -0.120. The van der Waals surface area contributed by atoms with Crippen LogP contribution in [0.15, 0.2) is 21.7 Å². The molecule has 17 heavy (non-hydrogen) atoms. The molecule has 0 radical (unpaired) electrons. The lowest BCUT2D eigenvalue weighted by Crippen LogP contribution is -2.16. The number of nitriles is 1. The molecule has 5 nitrogen and oxygen atoms in total. The normalized spacial score (nSPS) is 10.2. The smallest absolute Gasteiger partial charge is 0.254 e. The topological polar surface area (TPSA) is 85.5 Å². The molecule has 2 N–H and O–H groups in total. The highest BCUT2D eigenvalue weighted by Crippen LogP contribution is 2.29. The van der Waals surface area contributed by atoms with Gasteiger partial charge in [0.1, 0.15) is 12.2 Å². The molecule has 0 bridgehead atoms. The van der Waals surface area contributed by atoms with Crippen LogP contribution in [0.3, 0.4) is 0 Å². The van der Waals surface area contributed by atoms with Crippen molar-refractivity contribution in [3.8, 4) is 11.8 Å². The van der Waals surface area contributed by atoms with Gasteiger partial charge in [0.05, 0.1) is 20.3 Å². The SMILES string of the molecule is N#CCC(=O)N/N=C\c1cc(Br)c(O)c(I)c1. The molecular weight excluding hydrogens is 401 g/mol. The van der Waals surface area contributed by atoms with E-state index in [0.717, 1.165) is 5.56 Å². The largest absolute Gasteiger partial charge is 0.506 e. The summed E-state index contributed by atoms with van der Waals surface area (Å²) in [5.41, 5.74) is 2.93. The van der Waals surface area contributed by atoms with E-state index in [1.807, 2.05) is 22.6 Å². The summed E-state index contributed by atoms with van der Waals surface area (Å²) in [5.74, 6) is -0.299. The van der Waals surface area contributed by atoms with E-state index in [1.54, 1.807) is 18.2 Å². The molecule has 0 aliphatic rings. The minimum atomic E-state index is -0.462. The first kappa shape index (κ1) is 13.9. The summed E-state index contributed by atoms with van der Waals surface area (Å²) in [4.78, 5) is 10.9. The van der Waals surface area contributed by atoms with Gasteiger partial charge in [-0.2, -0.15) is 10.4 Å². The number of hydrogen-bond donors (Lipinski definition) is 2. The summed E-state index contributed by atoms with van der Waals surface area (Å²) >= 11 is 5.18. The molecule has 1 rings (SSSR count). The van der Waals surface area contributed by atoms with Crippen molar-refractivity contribution in [3.05, 3.63) is 25.7 Å². The Bertz CT molecular complexity index is 488. The summed E-state index contributed by atoms with van der Waals surface area (Å²) in [6.45, 7) is 0. The van der Waals surface area contributed by atoms with Gasteiger partial charge >= 0.3 is 0 Å². The van der Waals surface area contributed by atoms with Crippen molar-refractivity contribution in [2.45, 2.75) is 6.42 Å². The molecule has 0 saturated carbocycles. The number of nitrogens with zero attached hydrogens (tertiary/aromatic N) is 2. The average Bonchev–Trinajstić information content (AvgIpc) is 2.26. The second kappa shape index (κ2) is 6.56. The maximum absolute atomic E-state index is 10.9. The highest BCUT2D eigenvalue weighted by Gasteiger charge is 2.04. The summed E-state index contributed by atoms with van der Waals surface area (Å²) < 4.78 is 1.22. The first-order chi connectivity index (χ1) is 8.04. The van der Waals surface area contributed by atoms with E-state index >= 15 is 0 Å². The van der Waals surface area contributed by atoms with Gasteiger partial charge in [-0.05, 0) is 56.2 Å². The van der Waals surface area contributed by atoms with E-state index in [2.05, 4.69) is 26.5 Å². The maximum atomic E-state index is 10.9. The van der Waals surface area contributed by atoms with Crippen molar-refractivity contribution < 1.29 is 9.90 Å². The fraction of sp³-hybridized carbons (Fsp3) is 0.100. The molecule has 0 aliphatic heterocycles. The van der Waals surface area contributed by atoms with Crippen molar-refractivity contribution in [1.29, 1.82) is 5.26 Å². The highest BCUT2D eigenvalue weighted by atomic mass is 127. The maximum Gasteiger partial charge on any atom is 0.254 e. The number of carbonyl (C=O) groups is 1. The zero-order valence-electron chi connectivity index (χ0n) is 8.44. The number of hydrogen-bond acceptors (Lipinski definition) is 4. The fourth-order valence-electron chi connectivity index (χ4n) is 0.950. The monoisotopic (exact) mass is 407 g/mol. The van der Waals surface area contributed by atoms with E-state index in [1.165, 1.54) is 6.21 Å². The van der Waals surface area contributed by atoms with Crippen molar-refractivity contribution in [3.63, 3.8) is 0 Å². The lowest BCUT2D eigenvalue weighted by Gasteiger charge is -2.01. The average molecular weight is 408 g/mol. The standard InChI is InChI=1S/C10H7BrIN3O2/c11-7-3-6(4-8(12)10(7)17)5-14-15-9(16)1-2-13/h3-5,17H,1H2,(H,15,16)/b14-5-. The quantitative estimate of drug-likeness (QED) is 0.457. The predicted molar refractivity (Wildman–Crippen MR) is 74.5 cm³/mol. The minimum Gasteiger partial charge on any atom is -0.506 e. The molecule has 0 saturated heterocycles. The van der Waals surface area contributed by atoms with E-state index in [-0.39, 0.29) is 12.2 Å². The van der Waals surface area contributed by atoms with Crippen molar-refractivity contribution in [2.24, 2.45) is 5.10 Å². The molecule has 88 valence electrons. The second-order valence-corrected chi connectivity index (χ2v) is 4.98. The number of rotatable bonds is 3. The fourth-order valence-corrected chi connectivity index (χ4v) is 2.45. The van der Waals surface area contributed by atoms with Crippen molar-refractivity contribution >= 4 is 50.6 Å². The van der Waals surface area contributed by atoms with Crippen molar-refractivity contribution in [2.75, 3.05) is 0 Å². The van der Waals surface area contributed by atoms with Gasteiger partial charge in [0.15, 0.2) is 0 Å². The molecule has 0 spiro atoms. The Kier molecular flexibility index (Phi) is 5.37. The molecule has 7 heteroatoms. The van der Waals surface area contributed by atoms with E-state index < -0.39 is 5.91 Å². The van der Waals surface area contributed by atoms with Gasteiger partial charge in [0.25, 0.3) is 5.91 Å². The summed E-state index contributed by atoms with van der Waals surface area (Å²) in [5, 5.41) is 21.5. The molecule has 1 aromatic rings. The van der Waals surface area contributed by atoms with Gasteiger partial charge in [-0.3, -0.25) is 4.79 Å². The van der Waals surface area contributed by atoms with Crippen LogP contribution in [0.1, 0.15) is 12.0 Å². The molecule has 0 aromatic heterocycles. The lowest BCUT2D eigenvalue weighted by atomic mass is 10.2. The predicted octanol–water partition coefficient (Wildman–Crippen LogP) is 2.12. The third-order valence-electron chi connectivity index (χ3n) is 1.68. The molecule has 1 aromatic carbocycles. The number of phenolic OH excluding ortho intramolecular Hbond substituents is 1. The van der Waals surface area contributed by atoms with Gasteiger partial charge in [-0.1, -0.05) is 0 Å². The van der Waals surface area contributed by atoms with Gasteiger partial charge in [-0.15, -0.1) is 0 Å². The van der Waals surface area contributed by atoms with Gasteiger partial charge in [0.2, 0.25) is 0 Å². The van der Waals surface area contributed by atoms with E-state index in [4.69, 9.17) is 5.26 Å². The minimum absolute atomic E-state index is 0.163. The number of amides is 1. The third kappa shape index (κ3) is 4.32. The van der Waals surface area contributed by atoms with E-state index in [0.29, 0.717) is 8.04 Å². The Morgan fingerprint density at radius 3 is 3.00 bits per heavy atom. The third-order valence-corrected chi connectivity index (χ3v) is 3.11. The van der Waals surface area contributed by atoms with Crippen LogP contribution < -0.4 is 5.43 Å². The number of halogens is 2. The number of benzene rings is 1. The number of aromatic hydroxyl groups is 1.